The zero-order valence-electron chi connectivity index (χ0n) is 13.7. The number of amides is 1. The third-order valence-corrected chi connectivity index (χ3v) is 4.09. The second-order valence-electron chi connectivity index (χ2n) is 5.77. The number of hydrogen-bond acceptors (Lipinski definition) is 4. The van der Waals surface area contributed by atoms with Gasteiger partial charge >= 0.3 is 0 Å². The van der Waals surface area contributed by atoms with E-state index in [2.05, 4.69) is 20.2 Å². The van der Waals surface area contributed by atoms with E-state index in [4.69, 9.17) is 0 Å². The molecule has 0 bridgehead atoms. The predicted molar refractivity (Wildman–Crippen MR) is 97.9 cm³/mol. The van der Waals surface area contributed by atoms with Crippen LogP contribution < -0.4 is 10.5 Å². The van der Waals surface area contributed by atoms with Crippen molar-refractivity contribution in [3.63, 3.8) is 0 Å². The molecular formula is C19H15N5O2. The molecule has 7 nitrogen and oxygen atoms in total. The van der Waals surface area contributed by atoms with Gasteiger partial charge in [-0.3, -0.25) is 14.7 Å². The highest BCUT2D eigenvalue weighted by Gasteiger charge is 2.21. The third kappa shape index (κ3) is 2.98. The van der Waals surface area contributed by atoms with Crippen molar-refractivity contribution in [1.29, 1.82) is 0 Å². The van der Waals surface area contributed by atoms with Crippen LogP contribution in [0.15, 0.2) is 71.8 Å². The fraction of sp³-hybridized carbons (Fsp3) is 0.0526. The van der Waals surface area contributed by atoms with Crippen molar-refractivity contribution in [2.45, 2.75) is 6.54 Å². The molecular weight excluding hydrogens is 330 g/mol. The third-order valence-electron chi connectivity index (χ3n) is 4.09. The molecule has 0 aliphatic carbocycles. The van der Waals surface area contributed by atoms with Gasteiger partial charge in [0.05, 0.1) is 6.54 Å². The van der Waals surface area contributed by atoms with E-state index in [-0.39, 0.29) is 23.8 Å². The summed E-state index contributed by atoms with van der Waals surface area (Å²) < 4.78 is 0. The standard InChI is InChI=1S/C19H15N5O2/c25-18-14(10-13-6-4-5-9-16(13)22-18)11-24(15-7-2-1-3-8-15)19(26)17-20-12-21-23-17/h1-10,12H,11H2,(H,22,25)(H,20,21,23). The number of benzene rings is 2. The molecule has 0 fully saturated rings. The molecule has 4 rings (SSSR count). The van der Waals surface area contributed by atoms with E-state index in [0.29, 0.717) is 11.3 Å². The molecule has 2 aromatic carbocycles. The molecule has 0 radical (unpaired) electrons. The lowest BCUT2D eigenvalue weighted by molar-refractivity contribution is 0.0975. The Kier molecular flexibility index (Phi) is 4.03. The molecule has 4 aromatic rings. The second kappa shape index (κ2) is 6.64. The van der Waals surface area contributed by atoms with Crippen molar-refractivity contribution in [3.05, 3.63) is 88.7 Å². The van der Waals surface area contributed by atoms with Gasteiger partial charge in [0.1, 0.15) is 6.33 Å². The summed E-state index contributed by atoms with van der Waals surface area (Å²) in [6.07, 6.45) is 1.28. The normalized spacial score (nSPS) is 10.8. The molecule has 26 heavy (non-hydrogen) atoms. The van der Waals surface area contributed by atoms with Gasteiger partial charge in [0.25, 0.3) is 11.5 Å². The number of carbonyl (C=O) groups excluding carboxylic acids is 1. The number of aromatic nitrogens is 4. The van der Waals surface area contributed by atoms with Gasteiger partial charge in [-0.05, 0) is 29.7 Å². The average molecular weight is 345 g/mol. The molecule has 1 amide bonds. The number of aromatic amines is 2. The van der Waals surface area contributed by atoms with Crippen molar-refractivity contribution < 1.29 is 4.79 Å². The molecule has 2 aromatic heterocycles. The molecule has 7 heteroatoms. The second-order valence-corrected chi connectivity index (χ2v) is 5.77. The lowest BCUT2D eigenvalue weighted by Crippen LogP contribution is -2.33. The van der Waals surface area contributed by atoms with Crippen molar-refractivity contribution in [1.82, 2.24) is 20.2 Å². The van der Waals surface area contributed by atoms with E-state index >= 15 is 0 Å². The average Bonchev–Trinajstić information content (AvgIpc) is 3.21. The maximum absolute atomic E-state index is 12.9. The summed E-state index contributed by atoms with van der Waals surface area (Å²) in [7, 11) is 0. The first-order valence-corrected chi connectivity index (χ1v) is 8.05. The summed E-state index contributed by atoms with van der Waals surface area (Å²) in [6.45, 7) is 0.115. The Morgan fingerprint density at radius 2 is 1.81 bits per heavy atom. The summed E-state index contributed by atoms with van der Waals surface area (Å²) in [6, 6.07) is 18.5. The van der Waals surface area contributed by atoms with E-state index < -0.39 is 0 Å². The quantitative estimate of drug-likeness (QED) is 0.594. The van der Waals surface area contributed by atoms with Gasteiger partial charge < -0.3 is 9.88 Å². The monoisotopic (exact) mass is 345 g/mol. The van der Waals surface area contributed by atoms with E-state index in [1.807, 2.05) is 54.6 Å². The summed E-state index contributed by atoms with van der Waals surface area (Å²) in [5.74, 6) is -0.243. The number of carbonyl (C=O) groups is 1. The van der Waals surface area contributed by atoms with E-state index in [1.165, 1.54) is 11.2 Å². The number of para-hydroxylation sites is 2. The Morgan fingerprint density at radius 3 is 2.58 bits per heavy atom. The highest BCUT2D eigenvalue weighted by molar-refractivity contribution is 6.03. The maximum Gasteiger partial charge on any atom is 0.295 e. The van der Waals surface area contributed by atoms with Crippen LogP contribution in [0.2, 0.25) is 0 Å². The minimum Gasteiger partial charge on any atom is -0.322 e. The SMILES string of the molecule is O=C(c1ncn[nH]1)N(Cc1cc2ccccc2[nH]c1=O)c1ccccc1. The molecule has 2 N–H and O–H groups in total. The fourth-order valence-electron chi connectivity index (χ4n) is 2.80. The smallest absolute Gasteiger partial charge is 0.295 e. The zero-order chi connectivity index (χ0) is 17.9. The fourth-order valence-corrected chi connectivity index (χ4v) is 2.80. The van der Waals surface area contributed by atoms with Crippen molar-refractivity contribution >= 4 is 22.5 Å². The summed E-state index contributed by atoms with van der Waals surface area (Å²) >= 11 is 0. The highest BCUT2D eigenvalue weighted by atomic mass is 16.2. The predicted octanol–water partition coefficient (Wildman–Crippen LogP) is 2.49. The van der Waals surface area contributed by atoms with Crippen LogP contribution in [0, 0.1) is 0 Å². The summed E-state index contributed by atoms with van der Waals surface area (Å²) in [5, 5.41) is 7.22. The molecule has 2 heterocycles. The number of pyridine rings is 1. The minimum atomic E-state index is -0.360. The number of anilines is 1. The van der Waals surface area contributed by atoms with E-state index in [9.17, 15) is 9.59 Å². The molecule has 0 aliphatic rings. The van der Waals surface area contributed by atoms with Gasteiger partial charge in [0.2, 0.25) is 5.82 Å². The van der Waals surface area contributed by atoms with Gasteiger partial charge in [0.15, 0.2) is 0 Å². The van der Waals surface area contributed by atoms with Crippen LogP contribution in [-0.4, -0.2) is 26.1 Å². The van der Waals surface area contributed by atoms with Crippen LogP contribution in [0.4, 0.5) is 5.69 Å². The number of H-pyrrole nitrogens is 2. The molecule has 128 valence electrons. The molecule has 0 saturated heterocycles. The van der Waals surface area contributed by atoms with Gasteiger partial charge in [-0.25, -0.2) is 4.98 Å². The topological polar surface area (TPSA) is 94.7 Å². The van der Waals surface area contributed by atoms with Gasteiger partial charge in [-0.15, -0.1) is 0 Å². The van der Waals surface area contributed by atoms with E-state index in [0.717, 1.165) is 10.9 Å². The minimum absolute atomic E-state index is 0.115. The number of nitrogens with one attached hydrogen (secondary N) is 2. The first-order chi connectivity index (χ1) is 12.7. The zero-order valence-corrected chi connectivity index (χ0v) is 13.7. The number of fused-ring (bicyclic) bond motifs is 1. The van der Waals surface area contributed by atoms with Crippen LogP contribution >= 0.6 is 0 Å². The molecule has 0 saturated carbocycles. The lowest BCUT2D eigenvalue weighted by Gasteiger charge is -2.21. The van der Waals surface area contributed by atoms with Crippen LogP contribution in [-0.2, 0) is 6.54 Å². The molecule has 0 atom stereocenters. The van der Waals surface area contributed by atoms with Crippen molar-refractivity contribution in [2.24, 2.45) is 0 Å². The number of rotatable bonds is 4. The largest absolute Gasteiger partial charge is 0.322 e. The summed E-state index contributed by atoms with van der Waals surface area (Å²) in [5.41, 5.74) is 1.69. The molecule has 0 unspecified atom stereocenters. The Labute approximate surface area is 148 Å². The van der Waals surface area contributed by atoms with Gasteiger partial charge in [-0.1, -0.05) is 36.4 Å². The lowest BCUT2D eigenvalue weighted by atomic mass is 10.1. The van der Waals surface area contributed by atoms with Crippen molar-refractivity contribution in [3.8, 4) is 0 Å². The maximum atomic E-state index is 12.9. The molecule has 0 spiro atoms. The van der Waals surface area contributed by atoms with Crippen LogP contribution in [0.3, 0.4) is 0 Å². The number of nitrogens with zero attached hydrogens (tertiary/aromatic N) is 3. The Bertz CT molecular complexity index is 1100. The Morgan fingerprint density at radius 1 is 1.04 bits per heavy atom. The van der Waals surface area contributed by atoms with Crippen LogP contribution in [0.1, 0.15) is 16.2 Å². The van der Waals surface area contributed by atoms with Crippen LogP contribution in [0.25, 0.3) is 10.9 Å². The first-order valence-electron chi connectivity index (χ1n) is 8.05. The Balaban J connectivity index is 1.77. The summed E-state index contributed by atoms with van der Waals surface area (Å²) in [4.78, 5) is 33.6. The van der Waals surface area contributed by atoms with E-state index in [1.54, 1.807) is 6.07 Å². The number of hydrogen-bond donors (Lipinski definition) is 2. The van der Waals surface area contributed by atoms with Gasteiger partial charge in [0, 0.05) is 16.8 Å². The highest BCUT2D eigenvalue weighted by Crippen LogP contribution is 2.19. The first kappa shape index (κ1) is 15.8. The van der Waals surface area contributed by atoms with Crippen molar-refractivity contribution in [2.75, 3.05) is 4.90 Å². The van der Waals surface area contributed by atoms with Gasteiger partial charge in [-0.2, -0.15) is 5.10 Å². The van der Waals surface area contributed by atoms with Crippen LogP contribution in [0.5, 0.6) is 0 Å². The Hall–Kier alpha value is -3.74. The molecule has 0 aliphatic heterocycles.